The first-order chi connectivity index (χ1) is 11.8. The second-order valence-electron chi connectivity index (χ2n) is 5.70. The maximum atomic E-state index is 12.2. The molecule has 0 bridgehead atoms. The van der Waals surface area contributed by atoms with Crippen LogP contribution in [0.4, 0.5) is 5.69 Å². The Labute approximate surface area is 146 Å². The van der Waals surface area contributed by atoms with E-state index in [0.29, 0.717) is 37.9 Å². The average Bonchev–Trinajstić information content (AvgIpc) is 2.54. The number of nitrogens with zero attached hydrogens (tertiary/aromatic N) is 1. The van der Waals surface area contributed by atoms with E-state index >= 15 is 0 Å². The predicted octanol–water partition coefficient (Wildman–Crippen LogP) is 0.535. The second kappa shape index (κ2) is 8.21. The molecule has 9 heteroatoms. The van der Waals surface area contributed by atoms with E-state index in [1.165, 1.54) is 31.2 Å². The van der Waals surface area contributed by atoms with Gasteiger partial charge in [-0.15, -0.1) is 0 Å². The normalized spacial score (nSPS) is 15.3. The molecule has 1 heterocycles. The fourth-order valence-electron chi connectivity index (χ4n) is 2.46. The van der Waals surface area contributed by atoms with Gasteiger partial charge in [0, 0.05) is 32.9 Å². The minimum atomic E-state index is -3.69. The Morgan fingerprint density at radius 3 is 2.24 bits per heavy atom. The standard InChI is InChI=1S/C16H21N3O5S/c1-12(20)17-10-3-11-18-25(23,24)14-8-6-13(7-9-14)19-15(21)4-2-5-16(19)22/h6-9,18H,2-5,10-11H2,1H3,(H,17,20). The van der Waals surface area contributed by atoms with Gasteiger partial charge in [-0.25, -0.2) is 13.1 Å². The van der Waals surface area contributed by atoms with Gasteiger partial charge in [0.1, 0.15) is 0 Å². The number of rotatable bonds is 7. The van der Waals surface area contributed by atoms with Crippen LogP contribution in [-0.2, 0) is 24.4 Å². The first kappa shape index (κ1) is 19.1. The minimum absolute atomic E-state index is 0.0488. The third kappa shape index (κ3) is 5.10. The van der Waals surface area contributed by atoms with Gasteiger partial charge in [0.15, 0.2) is 0 Å². The molecular formula is C16H21N3O5S. The highest BCUT2D eigenvalue weighted by Gasteiger charge is 2.27. The van der Waals surface area contributed by atoms with E-state index in [4.69, 9.17) is 0 Å². The minimum Gasteiger partial charge on any atom is -0.356 e. The Balaban J connectivity index is 1.99. The number of imide groups is 1. The quantitative estimate of drug-likeness (QED) is 0.539. The molecule has 0 aliphatic carbocycles. The fourth-order valence-corrected chi connectivity index (χ4v) is 3.53. The van der Waals surface area contributed by atoms with E-state index in [2.05, 4.69) is 10.0 Å². The van der Waals surface area contributed by atoms with Crippen molar-refractivity contribution in [3.8, 4) is 0 Å². The molecule has 2 N–H and O–H groups in total. The Morgan fingerprint density at radius 2 is 1.68 bits per heavy atom. The third-order valence-electron chi connectivity index (χ3n) is 3.70. The molecule has 0 spiro atoms. The summed E-state index contributed by atoms with van der Waals surface area (Å²) in [5, 5.41) is 2.58. The number of hydrogen-bond acceptors (Lipinski definition) is 5. The third-order valence-corrected chi connectivity index (χ3v) is 5.18. The number of anilines is 1. The molecule has 1 aromatic rings. The molecule has 0 unspecified atom stereocenters. The van der Waals surface area contributed by atoms with Gasteiger partial charge in [0.25, 0.3) is 0 Å². The molecule has 0 saturated carbocycles. The molecule has 1 aliphatic heterocycles. The van der Waals surface area contributed by atoms with Crippen LogP contribution in [0.15, 0.2) is 29.2 Å². The molecule has 1 fully saturated rings. The summed E-state index contributed by atoms with van der Waals surface area (Å²) in [6.07, 6.45) is 1.62. The molecule has 0 radical (unpaired) electrons. The van der Waals surface area contributed by atoms with Crippen LogP contribution in [0, 0.1) is 0 Å². The monoisotopic (exact) mass is 367 g/mol. The van der Waals surface area contributed by atoms with Crippen LogP contribution in [0.25, 0.3) is 0 Å². The highest BCUT2D eigenvalue weighted by molar-refractivity contribution is 7.89. The lowest BCUT2D eigenvalue weighted by molar-refractivity contribution is -0.129. The van der Waals surface area contributed by atoms with E-state index in [1.807, 2.05) is 0 Å². The van der Waals surface area contributed by atoms with Gasteiger partial charge >= 0.3 is 0 Å². The smallest absolute Gasteiger partial charge is 0.240 e. The fraction of sp³-hybridized carbons (Fsp3) is 0.438. The topological polar surface area (TPSA) is 113 Å². The summed E-state index contributed by atoms with van der Waals surface area (Å²) >= 11 is 0. The summed E-state index contributed by atoms with van der Waals surface area (Å²) in [6.45, 7) is 1.97. The number of carbonyl (C=O) groups excluding carboxylic acids is 3. The van der Waals surface area contributed by atoms with Crippen molar-refractivity contribution in [1.29, 1.82) is 0 Å². The molecule has 1 saturated heterocycles. The van der Waals surface area contributed by atoms with Gasteiger partial charge in [-0.05, 0) is 37.1 Å². The zero-order valence-electron chi connectivity index (χ0n) is 13.9. The molecule has 2 rings (SSSR count). The van der Waals surface area contributed by atoms with Gasteiger partial charge in [-0.1, -0.05) is 0 Å². The van der Waals surface area contributed by atoms with Gasteiger partial charge in [0.05, 0.1) is 10.6 Å². The van der Waals surface area contributed by atoms with E-state index in [1.54, 1.807) is 0 Å². The van der Waals surface area contributed by atoms with Gasteiger partial charge in [0.2, 0.25) is 27.7 Å². The van der Waals surface area contributed by atoms with Crippen molar-refractivity contribution < 1.29 is 22.8 Å². The van der Waals surface area contributed by atoms with Gasteiger partial charge in [-0.3, -0.25) is 19.3 Å². The molecule has 8 nitrogen and oxygen atoms in total. The second-order valence-corrected chi connectivity index (χ2v) is 7.47. The van der Waals surface area contributed by atoms with Crippen LogP contribution < -0.4 is 14.9 Å². The number of sulfonamides is 1. The summed E-state index contributed by atoms with van der Waals surface area (Å²) in [5.74, 6) is -0.717. The molecule has 0 atom stereocenters. The Bertz CT molecular complexity index is 742. The summed E-state index contributed by atoms with van der Waals surface area (Å²) in [7, 11) is -3.69. The number of nitrogens with one attached hydrogen (secondary N) is 2. The highest BCUT2D eigenvalue weighted by atomic mass is 32.2. The maximum absolute atomic E-state index is 12.2. The number of hydrogen-bond donors (Lipinski definition) is 2. The van der Waals surface area contributed by atoms with E-state index in [-0.39, 0.29) is 29.2 Å². The van der Waals surface area contributed by atoms with Gasteiger partial charge < -0.3 is 5.32 Å². The van der Waals surface area contributed by atoms with Crippen LogP contribution in [0.2, 0.25) is 0 Å². The Kier molecular flexibility index (Phi) is 6.27. The lowest BCUT2D eigenvalue weighted by atomic mass is 10.1. The van der Waals surface area contributed by atoms with Gasteiger partial charge in [-0.2, -0.15) is 0 Å². The lowest BCUT2D eigenvalue weighted by Gasteiger charge is -2.24. The van der Waals surface area contributed by atoms with Crippen LogP contribution in [0.5, 0.6) is 0 Å². The van der Waals surface area contributed by atoms with Crippen molar-refractivity contribution >= 4 is 33.4 Å². The SMILES string of the molecule is CC(=O)NCCCNS(=O)(=O)c1ccc(N2C(=O)CCCC2=O)cc1. The van der Waals surface area contributed by atoms with Crippen molar-refractivity contribution in [3.63, 3.8) is 0 Å². The zero-order chi connectivity index (χ0) is 18.4. The number of piperidine rings is 1. The Hall–Kier alpha value is -2.26. The first-order valence-electron chi connectivity index (χ1n) is 8.01. The van der Waals surface area contributed by atoms with Crippen molar-refractivity contribution in [2.75, 3.05) is 18.0 Å². The lowest BCUT2D eigenvalue weighted by Crippen LogP contribution is -2.40. The number of carbonyl (C=O) groups is 3. The average molecular weight is 367 g/mol. The van der Waals surface area contributed by atoms with E-state index in [9.17, 15) is 22.8 Å². The molecule has 1 aromatic carbocycles. The van der Waals surface area contributed by atoms with Crippen molar-refractivity contribution in [1.82, 2.24) is 10.0 Å². The van der Waals surface area contributed by atoms with Crippen LogP contribution >= 0.6 is 0 Å². The van der Waals surface area contributed by atoms with Crippen LogP contribution in [0.1, 0.15) is 32.6 Å². The molecular weight excluding hydrogens is 346 g/mol. The molecule has 136 valence electrons. The summed E-state index contributed by atoms with van der Waals surface area (Å²) in [5.41, 5.74) is 0.374. The maximum Gasteiger partial charge on any atom is 0.240 e. The van der Waals surface area contributed by atoms with E-state index in [0.717, 1.165) is 4.90 Å². The van der Waals surface area contributed by atoms with Crippen LogP contribution in [-0.4, -0.2) is 39.2 Å². The number of amides is 3. The number of benzene rings is 1. The molecule has 0 aromatic heterocycles. The largest absolute Gasteiger partial charge is 0.356 e. The van der Waals surface area contributed by atoms with Crippen molar-refractivity contribution in [2.24, 2.45) is 0 Å². The van der Waals surface area contributed by atoms with Crippen molar-refractivity contribution in [2.45, 2.75) is 37.5 Å². The zero-order valence-corrected chi connectivity index (χ0v) is 14.8. The molecule has 25 heavy (non-hydrogen) atoms. The molecule has 3 amide bonds. The highest BCUT2D eigenvalue weighted by Crippen LogP contribution is 2.23. The predicted molar refractivity (Wildman–Crippen MR) is 91.3 cm³/mol. The first-order valence-corrected chi connectivity index (χ1v) is 9.49. The van der Waals surface area contributed by atoms with Crippen molar-refractivity contribution in [3.05, 3.63) is 24.3 Å². The summed E-state index contributed by atoms with van der Waals surface area (Å²) in [4.78, 5) is 35.6. The molecule has 1 aliphatic rings. The van der Waals surface area contributed by atoms with Crippen LogP contribution in [0.3, 0.4) is 0 Å². The summed E-state index contributed by atoms with van der Waals surface area (Å²) in [6, 6.07) is 5.63. The Morgan fingerprint density at radius 1 is 1.08 bits per heavy atom. The van der Waals surface area contributed by atoms with E-state index < -0.39 is 10.0 Å². The summed E-state index contributed by atoms with van der Waals surface area (Å²) < 4.78 is 26.8.